The zero-order valence-electron chi connectivity index (χ0n) is 16.4. The van der Waals surface area contributed by atoms with E-state index in [-0.39, 0.29) is 24.0 Å². The zero-order chi connectivity index (χ0) is 18.4. The molecule has 2 amide bonds. The van der Waals surface area contributed by atoms with Gasteiger partial charge >= 0.3 is 6.09 Å². The van der Waals surface area contributed by atoms with Crippen LogP contribution in [0, 0.1) is 23.7 Å². The van der Waals surface area contributed by atoms with Gasteiger partial charge in [0.25, 0.3) is 0 Å². The molecule has 0 unspecified atom stereocenters. The van der Waals surface area contributed by atoms with Gasteiger partial charge in [0.2, 0.25) is 5.91 Å². The number of nitrogens with zero attached hydrogens (tertiary/aromatic N) is 1. The first-order valence-corrected chi connectivity index (χ1v) is 10.1. The van der Waals surface area contributed by atoms with E-state index >= 15 is 0 Å². The molecule has 1 heterocycles. The number of carbonyl (C=O) groups excluding carboxylic acids is 2. The molecule has 1 saturated carbocycles. The number of rotatable bonds is 5. The number of carbonyl (C=O) groups is 2. The van der Waals surface area contributed by atoms with Crippen molar-refractivity contribution in [3.63, 3.8) is 0 Å². The minimum absolute atomic E-state index is 0.184. The summed E-state index contributed by atoms with van der Waals surface area (Å²) in [5, 5.41) is 3.22. The summed E-state index contributed by atoms with van der Waals surface area (Å²) in [4.78, 5) is 26.3. The Hall–Kier alpha value is -1.26. The molecule has 1 N–H and O–H groups in total. The van der Waals surface area contributed by atoms with Crippen LogP contribution in [0.5, 0.6) is 0 Å². The van der Waals surface area contributed by atoms with Gasteiger partial charge in [0.1, 0.15) is 0 Å². The lowest BCUT2D eigenvalue weighted by atomic mass is 9.76. The van der Waals surface area contributed by atoms with E-state index < -0.39 is 0 Å². The van der Waals surface area contributed by atoms with Crippen molar-refractivity contribution in [3.8, 4) is 0 Å². The minimum atomic E-state index is -0.217. The first-order chi connectivity index (χ1) is 11.9. The molecule has 1 aliphatic carbocycles. The van der Waals surface area contributed by atoms with E-state index in [1.807, 2.05) is 13.8 Å². The lowest BCUT2D eigenvalue weighted by Crippen LogP contribution is -2.48. The Morgan fingerprint density at radius 2 is 1.60 bits per heavy atom. The highest BCUT2D eigenvalue weighted by Gasteiger charge is 2.30. The Kier molecular flexibility index (Phi) is 7.57. The molecular weight excluding hydrogens is 316 g/mol. The summed E-state index contributed by atoms with van der Waals surface area (Å²) in [5.74, 6) is 2.27. The Balaban J connectivity index is 1.68. The van der Waals surface area contributed by atoms with Gasteiger partial charge in [0.15, 0.2) is 0 Å². The molecule has 5 heteroatoms. The van der Waals surface area contributed by atoms with Crippen LogP contribution < -0.4 is 5.32 Å². The Morgan fingerprint density at radius 1 is 1.00 bits per heavy atom. The van der Waals surface area contributed by atoms with Gasteiger partial charge in [-0.3, -0.25) is 4.79 Å². The molecule has 2 fully saturated rings. The van der Waals surface area contributed by atoms with E-state index in [2.05, 4.69) is 19.2 Å². The number of hydrogen-bond acceptors (Lipinski definition) is 3. The summed E-state index contributed by atoms with van der Waals surface area (Å²) in [6.07, 6.45) is 5.83. The number of piperidine rings is 1. The van der Waals surface area contributed by atoms with E-state index in [1.165, 1.54) is 12.8 Å². The summed E-state index contributed by atoms with van der Waals surface area (Å²) in [5.41, 5.74) is 0. The fourth-order valence-electron chi connectivity index (χ4n) is 3.90. The highest BCUT2D eigenvalue weighted by molar-refractivity contribution is 5.79. The predicted octanol–water partition coefficient (Wildman–Crippen LogP) is 3.82. The number of likely N-dealkylation sites (tertiary alicyclic amines) is 1. The third kappa shape index (κ3) is 6.19. The maximum absolute atomic E-state index is 12.5. The van der Waals surface area contributed by atoms with Crippen LogP contribution in [-0.2, 0) is 9.53 Å². The van der Waals surface area contributed by atoms with Gasteiger partial charge in [-0.15, -0.1) is 0 Å². The fraction of sp³-hybridized carbons (Fsp3) is 0.900. The van der Waals surface area contributed by atoms with Crippen molar-refractivity contribution < 1.29 is 14.3 Å². The Labute approximate surface area is 152 Å². The van der Waals surface area contributed by atoms with Gasteiger partial charge in [-0.25, -0.2) is 4.79 Å². The summed E-state index contributed by atoms with van der Waals surface area (Å²) < 4.78 is 5.28. The average molecular weight is 353 g/mol. The molecule has 0 radical (unpaired) electrons. The van der Waals surface area contributed by atoms with Gasteiger partial charge in [-0.2, -0.15) is 0 Å². The van der Waals surface area contributed by atoms with Crippen molar-refractivity contribution in [2.45, 2.75) is 72.3 Å². The molecule has 5 nitrogen and oxygen atoms in total. The number of hydrogen-bond donors (Lipinski definition) is 1. The van der Waals surface area contributed by atoms with Crippen LogP contribution in [-0.4, -0.2) is 42.6 Å². The Bertz CT molecular complexity index is 434. The molecule has 144 valence electrons. The van der Waals surface area contributed by atoms with Gasteiger partial charge in [-0.1, -0.05) is 27.7 Å². The zero-order valence-corrected chi connectivity index (χ0v) is 16.4. The third-order valence-corrected chi connectivity index (χ3v) is 5.73. The van der Waals surface area contributed by atoms with Crippen molar-refractivity contribution in [1.29, 1.82) is 0 Å². The highest BCUT2D eigenvalue weighted by atomic mass is 16.6. The maximum atomic E-state index is 12.5. The second kappa shape index (κ2) is 9.44. The first-order valence-electron chi connectivity index (χ1n) is 10.1. The summed E-state index contributed by atoms with van der Waals surface area (Å²) in [6, 6.07) is 0.199. The van der Waals surface area contributed by atoms with Crippen LogP contribution in [0.15, 0.2) is 0 Å². The van der Waals surface area contributed by atoms with Gasteiger partial charge in [0, 0.05) is 25.0 Å². The topological polar surface area (TPSA) is 58.6 Å². The largest absolute Gasteiger partial charge is 0.449 e. The molecule has 2 rings (SSSR count). The number of ether oxygens (including phenoxy) is 1. The quantitative estimate of drug-likeness (QED) is 0.818. The predicted molar refractivity (Wildman–Crippen MR) is 99.2 cm³/mol. The van der Waals surface area contributed by atoms with Gasteiger partial charge < -0.3 is 15.0 Å². The molecule has 0 aromatic heterocycles. The monoisotopic (exact) mass is 352 g/mol. The molecule has 0 aromatic rings. The van der Waals surface area contributed by atoms with Crippen molar-refractivity contribution in [2.75, 3.05) is 19.7 Å². The second-order valence-corrected chi connectivity index (χ2v) is 8.60. The smallest absolute Gasteiger partial charge is 0.409 e. The fourth-order valence-corrected chi connectivity index (χ4v) is 3.90. The maximum Gasteiger partial charge on any atom is 0.409 e. The molecule has 1 saturated heterocycles. The Morgan fingerprint density at radius 3 is 2.12 bits per heavy atom. The van der Waals surface area contributed by atoms with Gasteiger partial charge in [0.05, 0.1) is 6.61 Å². The average Bonchev–Trinajstić information content (AvgIpc) is 2.60. The van der Waals surface area contributed by atoms with E-state index in [9.17, 15) is 9.59 Å². The number of nitrogens with one attached hydrogen (secondary N) is 1. The molecule has 0 aromatic carbocycles. The van der Waals surface area contributed by atoms with Crippen molar-refractivity contribution in [2.24, 2.45) is 23.7 Å². The number of amides is 2. The highest BCUT2D eigenvalue weighted by Crippen LogP contribution is 2.33. The molecule has 2 aliphatic rings. The standard InChI is InChI=1S/C20H36N2O3/c1-14(2)13-25-20(24)22-11-9-18(10-12-22)21-19(23)17-7-5-16(6-8-17)15(3)4/h14-18H,5-13H2,1-4H3,(H,21,23). The SMILES string of the molecule is CC(C)COC(=O)N1CCC(NC(=O)C2CCC(C(C)C)CC2)CC1. The normalized spacial score (nSPS) is 25.3. The third-order valence-electron chi connectivity index (χ3n) is 5.73. The molecule has 25 heavy (non-hydrogen) atoms. The summed E-state index contributed by atoms with van der Waals surface area (Å²) in [6.45, 7) is 10.4. The summed E-state index contributed by atoms with van der Waals surface area (Å²) >= 11 is 0. The van der Waals surface area contributed by atoms with E-state index in [4.69, 9.17) is 4.74 Å². The van der Waals surface area contributed by atoms with Gasteiger partial charge in [-0.05, 0) is 56.3 Å². The van der Waals surface area contributed by atoms with Crippen LogP contribution in [0.2, 0.25) is 0 Å². The van der Waals surface area contributed by atoms with Crippen molar-refractivity contribution in [1.82, 2.24) is 10.2 Å². The lowest BCUT2D eigenvalue weighted by Gasteiger charge is -2.34. The molecule has 1 aliphatic heterocycles. The van der Waals surface area contributed by atoms with Crippen molar-refractivity contribution >= 4 is 12.0 Å². The van der Waals surface area contributed by atoms with Crippen LogP contribution in [0.3, 0.4) is 0 Å². The van der Waals surface area contributed by atoms with E-state index in [1.54, 1.807) is 4.90 Å². The summed E-state index contributed by atoms with van der Waals surface area (Å²) in [7, 11) is 0. The van der Waals surface area contributed by atoms with E-state index in [0.717, 1.165) is 37.5 Å². The van der Waals surface area contributed by atoms with Crippen LogP contribution >= 0.6 is 0 Å². The van der Waals surface area contributed by atoms with Crippen LogP contribution in [0.25, 0.3) is 0 Å². The molecule has 0 atom stereocenters. The van der Waals surface area contributed by atoms with Crippen molar-refractivity contribution in [3.05, 3.63) is 0 Å². The molecular formula is C20H36N2O3. The molecule has 0 bridgehead atoms. The van der Waals surface area contributed by atoms with Crippen LogP contribution in [0.1, 0.15) is 66.2 Å². The van der Waals surface area contributed by atoms with Crippen LogP contribution in [0.4, 0.5) is 4.79 Å². The van der Waals surface area contributed by atoms with E-state index in [0.29, 0.717) is 25.6 Å². The minimum Gasteiger partial charge on any atom is -0.449 e. The molecule has 0 spiro atoms. The lowest BCUT2D eigenvalue weighted by molar-refractivity contribution is -0.127. The first kappa shape index (κ1) is 20.1. The second-order valence-electron chi connectivity index (χ2n) is 8.60.